The molecule has 1 heterocycles. The summed E-state index contributed by atoms with van der Waals surface area (Å²) >= 11 is 0. The van der Waals surface area contributed by atoms with Crippen molar-refractivity contribution in [3.63, 3.8) is 0 Å². The van der Waals surface area contributed by atoms with E-state index in [2.05, 4.69) is 4.98 Å². The third-order valence-electron chi connectivity index (χ3n) is 1.73. The molecule has 0 amide bonds. The van der Waals surface area contributed by atoms with Crippen molar-refractivity contribution in [2.75, 3.05) is 13.2 Å². The zero-order valence-electron chi connectivity index (χ0n) is 9.30. The van der Waals surface area contributed by atoms with Crippen LogP contribution in [0.2, 0.25) is 0 Å². The van der Waals surface area contributed by atoms with Gasteiger partial charge in [-0.2, -0.15) is 0 Å². The Labute approximate surface area is 93.2 Å². The van der Waals surface area contributed by atoms with Crippen molar-refractivity contribution < 1.29 is 19.1 Å². The Hall–Kier alpha value is -1.85. The normalized spacial score (nSPS) is 9.88. The van der Waals surface area contributed by atoms with E-state index in [1.807, 2.05) is 0 Å². The zero-order valence-corrected chi connectivity index (χ0v) is 9.30. The van der Waals surface area contributed by atoms with Crippen molar-refractivity contribution in [1.82, 2.24) is 9.55 Å². The minimum atomic E-state index is -0.495. The average Bonchev–Trinajstić information content (AvgIpc) is 2.67. The van der Waals surface area contributed by atoms with Crippen LogP contribution in [-0.2, 0) is 20.8 Å². The number of carbonyl (C=O) groups excluding carboxylic acids is 2. The third-order valence-corrected chi connectivity index (χ3v) is 1.73. The van der Waals surface area contributed by atoms with Gasteiger partial charge in [0, 0.05) is 6.20 Å². The number of hydrogen-bond donors (Lipinski definition) is 0. The summed E-state index contributed by atoms with van der Waals surface area (Å²) in [4.78, 5) is 26.2. The van der Waals surface area contributed by atoms with Gasteiger partial charge in [-0.3, -0.25) is 4.79 Å². The van der Waals surface area contributed by atoms with Crippen LogP contribution in [0.25, 0.3) is 0 Å². The molecule has 1 aromatic heterocycles. The largest absolute Gasteiger partial charge is 0.465 e. The fourth-order valence-electron chi connectivity index (χ4n) is 1.11. The number of ether oxygens (including phenoxy) is 2. The summed E-state index contributed by atoms with van der Waals surface area (Å²) in [6, 6.07) is 0. The van der Waals surface area contributed by atoms with Gasteiger partial charge in [-0.1, -0.05) is 0 Å². The minimum Gasteiger partial charge on any atom is -0.465 e. The van der Waals surface area contributed by atoms with Gasteiger partial charge in [0.1, 0.15) is 6.54 Å². The molecule has 0 aromatic carbocycles. The molecule has 0 radical (unpaired) electrons. The van der Waals surface area contributed by atoms with Gasteiger partial charge in [0.15, 0.2) is 5.69 Å². The molecule has 0 aliphatic rings. The van der Waals surface area contributed by atoms with Crippen LogP contribution in [0.1, 0.15) is 24.3 Å². The van der Waals surface area contributed by atoms with E-state index in [0.29, 0.717) is 13.2 Å². The number of imidazole rings is 1. The summed E-state index contributed by atoms with van der Waals surface area (Å²) in [6.07, 6.45) is 2.85. The lowest BCUT2D eigenvalue weighted by molar-refractivity contribution is -0.143. The second-order valence-electron chi connectivity index (χ2n) is 2.96. The smallest absolute Gasteiger partial charge is 0.358 e. The highest BCUT2D eigenvalue weighted by molar-refractivity contribution is 5.87. The van der Waals surface area contributed by atoms with Crippen LogP contribution >= 0.6 is 0 Å². The van der Waals surface area contributed by atoms with Crippen molar-refractivity contribution in [2.45, 2.75) is 20.4 Å². The Morgan fingerprint density at radius 1 is 1.31 bits per heavy atom. The lowest BCUT2D eigenvalue weighted by Crippen LogP contribution is -2.12. The lowest BCUT2D eigenvalue weighted by atomic mass is 10.5. The summed E-state index contributed by atoms with van der Waals surface area (Å²) in [5.74, 6) is -0.861. The quantitative estimate of drug-likeness (QED) is 0.688. The molecule has 0 bridgehead atoms. The third kappa shape index (κ3) is 3.38. The molecule has 0 N–H and O–H groups in total. The van der Waals surface area contributed by atoms with Crippen molar-refractivity contribution >= 4 is 11.9 Å². The van der Waals surface area contributed by atoms with E-state index in [9.17, 15) is 9.59 Å². The van der Waals surface area contributed by atoms with E-state index in [0.717, 1.165) is 0 Å². The first-order chi connectivity index (χ1) is 7.67. The second kappa shape index (κ2) is 5.89. The Morgan fingerprint density at radius 2 is 2.00 bits per heavy atom. The maximum absolute atomic E-state index is 11.3. The molecule has 6 nitrogen and oxygen atoms in total. The fourth-order valence-corrected chi connectivity index (χ4v) is 1.11. The van der Waals surface area contributed by atoms with Gasteiger partial charge in [0.25, 0.3) is 0 Å². The van der Waals surface area contributed by atoms with Crippen molar-refractivity contribution in [3.05, 3.63) is 18.2 Å². The molecular weight excluding hydrogens is 212 g/mol. The van der Waals surface area contributed by atoms with Crippen LogP contribution in [0.15, 0.2) is 12.5 Å². The van der Waals surface area contributed by atoms with Crippen LogP contribution in [-0.4, -0.2) is 34.7 Å². The summed E-state index contributed by atoms with van der Waals surface area (Å²) in [5, 5.41) is 0. The molecule has 0 unspecified atom stereocenters. The highest BCUT2D eigenvalue weighted by Crippen LogP contribution is 1.99. The molecule has 0 saturated carbocycles. The molecule has 1 rings (SSSR count). The number of nitrogens with zero attached hydrogens (tertiary/aromatic N) is 2. The zero-order chi connectivity index (χ0) is 12.0. The highest BCUT2D eigenvalue weighted by atomic mass is 16.5. The summed E-state index contributed by atoms with van der Waals surface area (Å²) in [7, 11) is 0. The van der Waals surface area contributed by atoms with Crippen LogP contribution in [0.3, 0.4) is 0 Å². The summed E-state index contributed by atoms with van der Waals surface area (Å²) < 4.78 is 11.0. The van der Waals surface area contributed by atoms with Crippen molar-refractivity contribution in [3.8, 4) is 0 Å². The number of hydrogen-bond acceptors (Lipinski definition) is 5. The number of rotatable bonds is 5. The van der Waals surface area contributed by atoms with E-state index in [1.165, 1.54) is 17.1 Å². The molecule has 6 heteroatoms. The molecule has 0 atom stereocenters. The van der Waals surface area contributed by atoms with Crippen molar-refractivity contribution in [2.24, 2.45) is 0 Å². The Kier molecular flexibility index (Phi) is 4.50. The van der Waals surface area contributed by atoms with Gasteiger partial charge in [0.2, 0.25) is 0 Å². The Morgan fingerprint density at radius 3 is 2.62 bits per heavy atom. The standard InChI is InChI=1S/C10H14N2O4/c1-3-15-9(13)6-12-5-8(11-7-12)10(14)16-4-2/h5,7H,3-4,6H2,1-2H3. The maximum atomic E-state index is 11.3. The number of aromatic nitrogens is 2. The van der Waals surface area contributed by atoms with Gasteiger partial charge >= 0.3 is 11.9 Å². The molecule has 0 aliphatic carbocycles. The number of carbonyl (C=O) groups is 2. The van der Waals surface area contributed by atoms with Crippen LogP contribution in [0.5, 0.6) is 0 Å². The first kappa shape index (κ1) is 12.2. The average molecular weight is 226 g/mol. The van der Waals surface area contributed by atoms with Crippen LogP contribution < -0.4 is 0 Å². The van der Waals surface area contributed by atoms with E-state index in [4.69, 9.17) is 9.47 Å². The molecule has 1 aromatic rings. The molecule has 0 fully saturated rings. The molecular formula is C10H14N2O4. The van der Waals surface area contributed by atoms with E-state index in [-0.39, 0.29) is 18.2 Å². The predicted octanol–water partition coefficient (Wildman–Crippen LogP) is 0.623. The molecule has 0 aliphatic heterocycles. The minimum absolute atomic E-state index is 0.0419. The summed E-state index contributed by atoms with van der Waals surface area (Å²) in [6.45, 7) is 4.12. The number of esters is 2. The van der Waals surface area contributed by atoms with Gasteiger partial charge in [0.05, 0.1) is 19.5 Å². The van der Waals surface area contributed by atoms with Gasteiger partial charge in [-0.15, -0.1) is 0 Å². The van der Waals surface area contributed by atoms with E-state index < -0.39 is 5.97 Å². The molecule has 16 heavy (non-hydrogen) atoms. The summed E-state index contributed by atoms with van der Waals surface area (Å²) in [5.41, 5.74) is 0.186. The second-order valence-corrected chi connectivity index (χ2v) is 2.96. The first-order valence-electron chi connectivity index (χ1n) is 5.01. The van der Waals surface area contributed by atoms with Crippen LogP contribution in [0, 0.1) is 0 Å². The van der Waals surface area contributed by atoms with Crippen LogP contribution in [0.4, 0.5) is 0 Å². The van der Waals surface area contributed by atoms with E-state index in [1.54, 1.807) is 13.8 Å². The van der Waals surface area contributed by atoms with Crippen molar-refractivity contribution in [1.29, 1.82) is 0 Å². The maximum Gasteiger partial charge on any atom is 0.358 e. The topological polar surface area (TPSA) is 70.4 Å². The molecule has 88 valence electrons. The van der Waals surface area contributed by atoms with Gasteiger partial charge in [-0.05, 0) is 13.8 Å². The fraction of sp³-hybridized carbons (Fsp3) is 0.500. The predicted molar refractivity (Wildman–Crippen MR) is 54.8 cm³/mol. The lowest BCUT2D eigenvalue weighted by Gasteiger charge is -2.01. The monoisotopic (exact) mass is 226 g/mol. The molecule has 0 saturated heterocycles. The first-order valence-corrected chi connectivity index (χ1v) is 5.01. The Balaban J connectivity index is 2.57. The van der Waals surface area contributed by atoms with Gasteiger partial charge < -0.3 is 14.0 Å². The van der Waals surface area contributed by atoms with E-state index >= 15 is 0 Å². The highest BCUT2D eigenvalue weighted by Gasteiger charge is 2.11. The SMILES string of the molecule is CCOC(=O)Cn1cnc(C(=O)OCC)c1. The van der Waals surface area contributed by atoms with Gasteiger partial charge in [-0.25, -0.2) is 9.78 Å². The molecule has 0 spiro atoms. The Bertz CT molecular complexity index is 373.